The van der Waals surface area contributed by atoms with Gasteiger partial charge < -0.3 is 9.84 Å². The van der Waals surface area contributed by atoms with E-state index in [-0.39, 0.29) is 6.54 Å². The predicted octanol–water partition coefficient (Wildman–Crippen LogP) is 2.54. The molecule has 1 aromatic heterocycles. The lowest BCUT2D eigenvalue weighted by molar-refractivity contribution is -0.139. The van der Waals surface area contributed by atoms with Crippen molar-refractivity contribution in [2.24, 2.45) is 0 Å². The Balaban J connectivity index is 2.21. The van der Waals surface area contributed by atoms with E-state index >= 15 is 0 Å². The van der Waals surface area contributed by atoms with Crippen LogP contribution in [0.4, 0.5) is 0 Å². The Kier molecular flexibility index (Phi) is 5.17. The van der Waals surface area contributed by atoms with E-state index in [0.717, 1.165) is 35.4 Å². The molecule has 0 aromatic carbocycles. The fourth-order valence-electron chi connectivity index (χ4n) is 3.18. The number of carboxylic acids is 1. The Morgan fingerprint density at radius 1 is 1.43 bits per heavy atom. The molecule has 0 spiro atoms. The lowest BCUT2D eigenvalue weighted by atomic mass is 10.1. The molecule has 1 saturated carbocycles. The SMILES string of the molecule is COc1c(C)cnc(CN(CC(=O)O)C2CCCC2)c1C. The molecule has 0 aliphatic heterocycles. The van der Waals surface area contributed by atoms with Gasteiger partial charge in [0.1, 0.15) is 5.75 Å². The molecule has 1 fully saturated rings. The van der Waals surface area contributed by atoms with Gasteiger partial charge in [0.2, 0.25) is 0 Å². The van der Waals surface area contributed by atoms with Crippen LogP contribution in [0, 0.1) is 13.8 Å². The Morgan fingerprint density at radius 3 is 2.67 bits per heavy atom. The van der Waals surface area contributed by atoms with Crippen molar-refractivity contribution in [3.63, 3.8) is 0 Å². The third kappa shape index (κ3) is 3.73. The molecule has 0 radical (unpaired) electrons. The summed E-state index contributed by atoms with van der Waals surface area (Å²) < 4.78 is 5.43. The molecule has 0 bridgehead atoms. The number of hydrogen-bond acceptors (Lipinski definition) is 4. The van der Waals surface area contributed by atoms with E-state index < -0.39 is 5.97 Å². The maximum atomic E-state index is 11.1. The molecular weight excluding hydrogens is 268 g/mol. The summed E-state index contributed by atoms with van der Waals surface area (Å²) in [7, 11) is 1.66. The van der Waals surface area contributed by atoms with Gasteiger partial charge in [-0.25, -0.2) is 0 Å². The minimum absolute atomic E-state index is 0.0714. The van der Waals surface area contributed by atoms with Crippen molar-refractivity contribution in [3.8, 4) is 5.75 Å². The van der Waals surface area contributed by atoms with Crippen molar-refractivity contribution >= 4 is 5.97 Å². The Bertz CT molecular complexity index is 510. The minimum atomic E-state index is -0.779. The highest BCUT2D eigenvalue weighted by atomic mass is 16.5. The molecular formula is C16H24N2O3. The minimum Gasteiger partial charge on any atom is -0.496 e. The van der Waals surface area contributed by atoms with E-state index in [9.17, 15) is 4.79 Å². The first kappa shape index (κ1) is 15.8. The molecule has 21 heavy (non-hydrogen) atoms. The second-order valence-corrected chi connectivity index (χ2v) is 5.78. The number of aromatic nitrogens is 1. The Morgan fingerprint density at radius 2 is 2.10 bits per heavy atom. The van der Waals surface area contributed by atoms with Crippen molar-refractivity contribution < 1.29 is 14.6 Å². The van der Waals surface area contributed by atoms with E-state index in [0.29, 0.717) is 12.6 Å². The van der Waals surface area contributed by atoms with Gasteiger partial charge in [0.25, 0.3) is 0 Å². The van der Waals surface area contributed by atoms with E-state index in [4.69, 9.17) is 9.84 Å². The zero-order chi connectivity index (χ0) is 15.4. The number of aryl methyl sites for hydroxylation is 1. The number of carboxylic acid groups (broad SMARTS) is 1. The van der Waals surface area contributed by atoms with Crippen LogP contribution in [-0.4, -0.2) is 40.7 Å². The second kappa shape index (κ2) is 6.89. The van der Waals surface area contributed by atoms with Crippen LogP contribution < -0.4 is 4.74 Å². The maximum absolute atomic E-state index is 11.1. The van der Waals surface area contributed by atoms with Crippen molar-refractivity contribution in [1.29, 1.82) is 0 Å². The van der Waals surface area contributed by atoms with E-state index in [1.54, 1.807) is 13.3 Å². The maximum Gasteiger partial charge on any atom is 0.317 e. The fourth-order valence-corrected chi connectivity index (χ4v) is 3.18. The fraction of sp³-hybridized carbons (Fsp3) is 0.625. The topological polar surface area (TPSA) is 62.7 Å². The summed E-state index contributed by atoms with van der Waals surface area (Å²) >= 11 is 0. The van der Waals surface area contributed by atoms with Gasteiger partial charge in [-0.05, 0) is 26.7 Å². The molecule has 1 heterocycles. The van der Waals surface area contributed by atoms with E-state index in [1.165, 1.54) is 12.8 Å². The molecule has 5 heteroatoms. The van der Waals surface area contributed by atoms with Crippen LogP contribution in [0.2, 0.25) is 0 Å². The summed E-state index contributed by atoms with van der Waals surface area (Å²) in [6, 6.07) is 0.356. The average molecular weight is 292 g/mol. The Labute approximate surface area is 125 Å². The smallest absolute Gasteiger partial charge is 0.317 e. The second-order valence-electron chi connectivity index (χ2n) is 5.78. The van der Waals surface area contributed by atoms with Crippen LogP contribution in [0.5, 0.6) is 5.75 Å². The number of rotatable bonds is 6. The van der Waals surface area contributed by atoms with Crippen LogP contribution in [0.15, 0.2) is 6.20 Å². The van der Waals surface area contributed by atoms with Crippen LogP contribution in [0.3, 0.4) is 0 Å². The van der Waals surface area contributed by atoms with Gasteiger partial charge in [0.15, 0.2) is 0 Å². The number of methoxy groups -OCH3 is 1. The molecule has 0 unspecified atom stereocenters. The number of pyridine rings is 1. The van der Waals surface area contributed by atoms with Gasteiger partial charge >= 0.3 is 5.97 Å². The van der Waals surface area contributed by atoms with Gasteiger partial charge in [-0.3, -0.25) is 14.7 Å². The molecule has 1 aliphatic rings. The number of hydrogen-bond donors (Lipinski definition) is 1. The van der Waals surface area contributed by atoms with E-state index in [2.05, 4.69) is 4.98 Å². The van der Waals surface area contributed by atoms with Crippen molar-refractivity contribution in [1.82, 2.24) is 9.88 Å². The summed E-state index contributed by atoms with van der Waals surface area (Å²) in [6.45, 7) is 4.60. The van der Waals surface area contributed by atoms with Gasteiger partial charge in [-0.1, -0.05) is 12.8 Å². The molecule has 1 aromatic rings. The zero-order valence-corrected chi connectivity index (χ0v) is 13.1. The molecule has 0 amide bonds. The van der Waals surface area contributed by atoms with Crippen molar-refractivity contribution in [2.45, 2.75) is 52.1 Å². The van der Waals surface area contributed by atoms with Crippen LogP contribution in [0.1, 0.15) is 42.5 Å². The quantitative estimate of drug-likeness (QED) is 0.873. The summed E-state index contributed by atoms with van der Waals surface area (Å²) in [5.41, 5.74) is 2.92. The lowest BCUT2D eigenvalue weighted by Gasteiger charge is -2.27. The molecule has 1 aliphatic carbocycles. The summed E-state index contributed by atoms with van der Waals surface area (Å²) in [5, 5.41) is 9.15. The van der Waals surface area contributed by atoms with Gasteiger partial charge in [0, 0.05) is 29.9 Å². The van der Waals surface area contributed by atoms with E-state index in [1.807, 2.05) is 18.7 Å². The molecule has 0 atom stereocenters. The summed E-state index contributed by atoms with van der Waals surface area (Å²) in [6.07, 6.45) is 6.33. The standard InChI is InChI=1S/C16H24N2O3/c1-11-8-17-14(12(2)16(11)21-3)9-18(10-15(19)20)13-6-4-5-7-13/h8,13H,4-7,9-10H2,1-3H3,(H,19,20). The largest absolute Gasteiger partial charge is 0.496 e. The highest BCUT2D eigenvalue weighted by molar-refractivity contribution is 5.69. The molecule has 2 rings (SSSR count). The third-order valence-electron chi connectivity index (χ3n) is 4.28. The van der Waals surface area contributed by atoms with Crippen LogP contribution >= 0.6 is 0 Å². The number of aliphatic carboxylic acids is 1. The first-order chi connectivity index (χ1) is 10.0. The number of carbonyl (C=O) groups is 1. The summed E-state index contributed by atoms with van der Waals surface area (Å²) in [4.78, 5) is 17.7. The van der Waals surface area contributed by atoms with Gasteiger partial charge in [0.05, 0.1) is 19.3 Å². The first-order valence-electron chi connectivity index (χ1n) is 7.47. The molecule has 1 N–H and O–H groups in total. The highest BCUT2D eigenvalue weighted by Gasteiger charge is 2.25. The van der Waals surface area contributed by atoms with Gasteiger partial charge in [-0.15, -0.1) is 0 Å². The Hall–Kier alpha value is -1.62. The molecule has 0 saturated heterocycles. The van der Waals surface area contributed by atoms with Crippen molar-refractivity contribution in [2.75, 3.05) is 13.7 Å². The van der Waals surface area contributed by atoms with Crippen LogP contribution in [0.25, 0.3) is 0 Å². The highest BCUT2D eigenvalue weighted by Crippen LogP contribution is 2.28. The normalized spacial score (nSPS) is 15.6. The first-order valence-corrected chi connectivity index (χ1v) is 7.47. The third-order valence-corrected chi connectivity index (χ3v) is 4.28. The number of ether oxygens (including phenoxy) is 1. The van der Waals surface area contributed by atoms with Gasteiger partial charge in [-0.2, -0.15) is 0 Å². The number of nitrogens with zero attached hydrogens (tertiary/aromatic N) is 2. The monoisotopic (exact) mass is 292 g/mol. The van der Waals surface area contributed by atoms with Crippen LogP contribution in [-0.2, 0) is 11.3 Å². The lowest BCUT2D eigenvalue weighted by Crippen LogP contribution is -2.37. The summed E-state index contributed by atoms with van der Waals surface area (Å²) in [5.74, 6) is 0.0697. The molecule has 116 valence electrons. The average Bonchev–Trinajstić information content (AvgIpc) is 2.95. The van der Waals surface area contributed by atoms with Crippen molar-refractivity contribution in [3.05, 3.63) is 23.0 Å². The zero-order valence-electron chi connectivity index (χ0n) is 13.1. The predicted molar refractivity (Wildman–Crippen MR) is 80.6 cm³/mol. The molecule has 5 nitrogen and oxygen atoms in total.